The molecule has 0 atom stereocenters. The molecule has 3 aromatic rings. The molecule has 0 aliphatic carbocycles. The number of aromatic nitrogens is 2. The normalized spacial score (nSPS) is 14.8. The summed E-state index contributed by atoms with van der Waals surface area (Å²) in [6, 6.07) is 23.7. The number of carbonyl (C=O) groups excluding carboxylic acids is 1. The van der Waals surface area contributed by atoms with Gasteiger partial charge in [0.05, 0.1) is 6.04 Å². The molecule has 0 spiro atoms. The number of nitrogens with one attached hydrogen (secondary N) is 1. The number of benzene rings is 2. The summed E-state index contributed by atoms with van der Waals surface area (Å²) in [4.78, 5) is 15.2. The number of carbonyl (C=O) groups is 1. The third-order valence-electron chi connectivity index (χ3n) is 5.36. The first-order valence-electron chi connectivity index (χ1n) is 9.85. The zero-order valence-electron chi connectivity index (χ0n) is 16.0. The quantitative estimate of drug-likeness (QED) is 0.688. The summed E-state index contributed by atoms with van der Waals surface area (Å²) in [5.74, 6) is 0.894. The van der Waals surface area contributed by atoms with E-state index in [1.807, 2.05) is 42.5 Å². The molecular formula is C23H23ClN4O. The maximum absolute atomic E-state index is 13.1. The Morgan fingerprint density at radius 2 is 1.48 bits per heavy atom. The van der Waals surface area contributed by atoms with Crippen molar-refractivity contribution in [3.63, 3.8) is 0 Å². The van der Waals surface area contributed by atoms with E-state index in [0.717, 1.165) is 42.9 Å². The summed E-state index contributed by atoms with van der Waals surface area (Å²) in [7, 11) is 0. The molecule has 1 N–H and O–H groups in total. The number of rotatable bonds is 5. The predicted molar refractivity (Wildman–Crippen MR) is 115 cm³/mol. The van der Waals surface area contributed by atoms with Crippen molar-refractivity contribution < 1.29 is 4.79 Å². The molecule has 29 heavy (non-hydrogen) atoms. The highest BCUT2D eigenvalue weighted by Crippen LogP contribution is 2.26. The van der Waals surface area contributed by atoms with Crippen LogP contribution in [0.1, 0.15) is 30.0 Å². The number of hydrogen-bond acceptors (Lipinski definition) is 4. The second-order valence-electron chi connectivity index (χ2n) is 7.24. The highest BCUT2D eigenvalue weighted by molar-refractivity contribution is 6.29. The van der Waals surface area contributed by atoms with Crippen molar-refractivity contribution in [2.45, 2.75) is 18.9 Å². The number of halogens is 1. The van der Waals surface area contributed by atoms with E-state index in [1.165, 1.54) is 0 Å². The van der Waals surface area contributed by atoms with Crippen LogP contribution in [0.5, 0.6) is 0 Å². The van der Waals surface area contributed by atoms with Crippen LogP contribution in [-0.4, -0.2) is 29.2 Å². The highest BCUT2D eigenvalue weighted by atomic mass is 35.5. The molecule has 148 valence electrons. The van der Waals surface area contributed by atoms with Crippen molar-refractivity contribution in [3.8, 4) is 0 Å². The molecule has 1 fully saturated rings. The fourth-order valence-corrected chi connectivity index (χ4v) is 3.86. The minimum atomic E-state index is -0.148. The summed E-state index contributed by atoms with van der Waals surface area (Å²) >= 11 is 5.82. The van der Waals surface area contributed by atoms with Crippen LogP contribution >= 0.6 is 11.6 Å². The molecule has 0 radical (unpaired) electrons. The molecule has 0 unspecified atom stereocenters. The van der Waals surface area contributed by atoms with Gasteiger partial charge in [-0.3, -0.25) is 4.79 Å². The van der Waals surface area contributed by atoms with Crippen LogP contribution in [-0.2, 0) is 4.79 Å². The molecule has 1 amide bonds. The van der Waals surface area contributed by atoms with E-state index < -0.39 is 0 Å². The SMILES string of the molecule is O=C(NC(c1ccccc1)c1ccccc1)C1CCN(c2ccc(Cl)nn2)CC1. The van der Waals surface area contributed by atoms with Gasteiger partial charge in [-0.05, 0) is 36.1 Å². The minimum Gasteiger partial charge on any atom is -0.355 e. The standard InChI is InChI=1S/C23H23ClN4O/c24-20-11-12-21(27-26-20)28-15-13-19(14-16-28)23(29)25-22(17-7-3-1-4-8-17)18-9-5-2-6-10-18/h1-12,19,22H,13-16H2,(H,25,29). The Bertz CT molecular complexity index is 887. The van der Waals surface area contributed by atoms with Crippen LogP contribution in [0.3, 0.4) is 0 Å². The zero-order valence-corrected chi connectivity index (χ0v) is 16.8. The van der Waals surface area contributed by atoms with Crippen molar-refractivity contribution in [3.05, 3.63) is 89.1 Å². The van der Waals surface area contributed by atoms with Crippen LogP contribution in [0.15, 0.2) is 72.8 Å². The van der Waals surface area contributed by atoms with Gasteiger partial charge < -0.3 is 10.2 Å². The van der Waals surface area contributed by atoms with Gasteiger partial charge in [-0.25, -0.2) is 0 Å². The molecule has 5 nitrogen and oxygen atoms in total. The molecule has 0 bridgehead atoms. The number of amides is 1. The Balaban J connectivity index is 1.43. The summed E-state index contributed by atoms with van der Waals surface area (Å²) in [5.41, 5.74) is 2.17. The smallest absolute Gasteiger partial charge is 0.223 e. The molecule has 2 aromatic carbocycles. The summed E-state index contributed by atoms with van der Waals surface area (Å²) < 4.78 is 0. The van der Waals surface area contributed by atoms with Crippen molar-refractivity contribution >= 4 is 23.3 Å². The lowest BCUT2D eigenvalue weighted by Crippen LogP contribution is -2.42. The Morgan fingerprint density at radius 3 is 2.00 bits per heavy atom. The minimum absolute atomic E-state index is 0.0126. The van der Waals surface area contributed by atoms with E-state index in [4.69, 9.17) is 11.6 Å². The molecular weight excluding hydrogens is 384 g/mol. The Kier molecular flexibility index (Phi) is 6.06. The molecule has 1 aliphatic rings. The van der Waals surface area contributed by atoms with Gasteiger partial charge in [0.25, 0.3) is 0 Å². The van der Waals surface area contributed by atoms with Crippen LogP contribution < -0.4 is 10.2 Å². The van der Waals surface area contributed by atoms with E-state index >= 15 is 0 Å². The van der Waals surface area contributed by atoms with Gasteiger partial charge >= 0.3 is 0 Å². The van der Waals surface area contributed by atoms with Crippen LogP contribution in [0, 0.1) is 5.92 Å². The average molecular weight is 407 g/mol. The highest BCUT2D eigenvalue weighted by Gasteiger charge is 2.28. The molecule has 6 heteroatoms. The fourth-order valence-electron chi connectivity index (χ4n) is 3.76. The van der Waals surface area contributed by atoms with Gasteiger partial charge in [0.2, 0.25) is 5.91 Å². The Morgan fingerprint density at radius 1 is 0.897 bits per heavy atom. The van der Waals surface area contributed by atoms with E-state index in [-0.39, 0.29) is 17.9 Å². The monoisotopic (exact) mass is 406 g/mol. The zero-order chi connectivity index (χ0) is 20.1. The lowest BCUT2D eigenvalue weighted by molar-refractivity contribution is -0.126. The summed E-state index contributed by atoms with van der Waals surface area (Å²) in [6.07, 6.45) is 1.57. The topological polar surface area (TPSA) is 58.1 Å². The van der Waals surface area contributed by atoms with E-state index in [1.54, 1.807) is 6.07 Å². The lowest BCUT2D eigenvalue weighted by atomic mass is 9.93. The second kappa shape index (κ2) is 9.05. The largest absolute Gasteiger partial charge is 0.355 e. The second-order valence-corrected chi connectivity index (χ2v) is 7.63. The number of anilines is 1. The van der Waals surface area contributed by atoms with Gasteiger partial charge in [-0.15, -0.1) is 10.2 Å². The van der Waals surface area contributed by atoms with Gasteiger partial charge in [-0.1, -0.05) is 72.3 Å². The first-order valence-corrected chi connectivity index (χ1v) is 10.2. The summed E-state index contributed by atoms with van der Waals surface area (Å²) in [5, 5.41) is 11.7. The molecule has 1 saturated heterocycles. The van der Waals surface area contributed by atoms with Gasteiger partial charge in [0.1, 0.15) is 0 Å². The van der Waals surface area contributed by atoms with E-state index in [2.05, 4.69) is 44.7 Å². The van der Waals surface area contributed by atoms with Crippen LogP contribution in [0.25, 0.3) is 0 Å². The number of hydrogen-bond donors (Lipinski definition) is 1. The van der Waals surface area contributed by atoms with Crippen molar-refractivity contribution in [1.82, 2.24) is 15.5 Å². The van der Waals surface area contributed by atoms with Gasteiger partial charge in [-0.2, -0.15) is 0 Å². The van der Waals surface area contributed by atoms with Crippen LogP contribution in [0.4, 0.5) is 5.82 Å². The molecule has 1 aliphatic heterocycles. The van der Waals surface area contributed by atoms with Gasteiger partial charge in [0, 0.05) is 19.0 Å². The first kappa shape index (κ1) is 19.4. The van der Waals surface area contributed by atoms with E-state index in [0.29, 0.717) is 5.15 Å². The maximum Gasteiger partial charge on any atom is 0.223 e. The molecule has 1 aromatic heterocycles. The van der Waals surface area contributed by atoms with Crippen molar-refractivity contribution in [2.75, 3.05) is 18.0 Å². The summed E-state index contributed by atoms with van der Waals surface area (Å²) in [6.45, 7) is 1.55. The Labute approximate surface area is 175 Å². The predicted octanol–water partition coefficient (Wildman–Crippen LogP) is 4.25. The fraction of sp³-hybridized carbons (Fsp3) is 0.261. The van der Waals surface area contributed by atoms with Gasteiger partial charge in [0.15, 0.2) is 11.0 Å². The number of nitrogens with zero attached hydrogens (tertiary/aromatic N) is 3. The van der Waals surface area contributed by atoms with Crippen molar-refractivity contribution in [2.24, 2.45) is 5.92 Å². The molecule has 0 saturated carbocycles. The maximum atomic E-state index is 13.1. The lowest BCUT2D eigenvalue weighted by Gasteiger charge is -2.32. The Hall–Kier alpha value is -2.92. The first-order chi connectivity index (χ1) is 14.2. The van der Waals surface area contributed by atoms with Crippen molar-refractivity contribution in [1.29, 1.82) is 0 Å². The third-order valence-corrected chi connectivity index (χ3v) is 5.56. The van der Waals surface area contributed by atoms with Crippen LogP contribution in [0.2, 0.25) is 5.15 Å². The number of piperidine rings is 1. The third kappa shape index (κ3) is 4.74. The van der Waals surface area contributed by atoms with E-state index in [9.17, 15) is 4.79 Å². The molecule has 2 heterocycles. The average Bonchev–Trinajstić information content (AvgIpc) is 2.79. The molecule has 4 rings (SSSR count).